The van der Waals surface area contributed by atoms with Crippen LogP contribution in [-0.4, -0.2) is 16.6 Å². The van der Waals surface area contributed by atoms with Crippen molar-refractivity contribution < 1.29 is 9.32 Å². The van der Waals surface area contributed by atoms with E-state index in [1.807, 2.05) is 13.8 Å². The molecule has 0 saturated carbocycles. The molecule has 1 amide bonds. The molecule has 1 rings (SSSR count). The highest BCUT2D eigenvalue weighted by molar-refractivity contribution is 5.85. The molecule has 3 N–H and O–H groups in total. The highest BCUT2D eigenvalue weighted by atomic mass is 16.5. The summed E-state index contributed by atoms with van der Waals surface area (Å²) in [6.45, 7) is 4.16. The van der Waals surface area contributed by atoms with Gasteiger partial charge in [0.25, 0.3) is 0 Å². The molecular weight excluding hydrogens is 194 g/mol. The molecule has 0 radical (unpaired) electrons. The highest BCUT2D eigenvalue weighted by Crippen LogP contribution is 2.11. The largest absolute Gasteiger partial charge is 0.364 e. The van der Waals surface area contributed by atoms with Gasteiger partial charge in [-0.15, -0.1) is 0 Å². The fourth-order valence-corrected chi connectivity index (χ4v) is 1.25. The van der Waals surface area contributed by atoms with Crippen LogP contribution in [0.25, 0.3) is 0 Å². The second-order valence-electron chi connectivity index (χ2n) is 3.54. The number of nitrogens with zero attached hydrogens (tertiary/aromatic N) is 1. The predicted molar refractivity (Wildman–Crippen MR) is 55.9 cm³/mol. The van der Waals surface area contributed by atoms with Crippen LogP contribution in [0.2, 0.25) is 0 Å². The van der Waals surface area contributed by atoms with Crippen LogP contribution in [0.5, 0.6) is 0 Å². The number of amides is 1. The highest BCUT2D eigenvalue weighted by Gasteiger charge is 2.29. The smallest absolute Gasteiger partial charge is 0.240 e. The Kier molecular flexibility index (Phi) is 3.85. The van der Waals surface area contributed by atoms with E-state index in [2.05, 4.69) is 15.0 Å². The lowest BCUT2D eigenvalue weighted by Crippen LogP contribution is -2.52. The molecule has 0 aliphatic rings. The average molecular weight is 211 g/mol. The molecule has 1 heterocycles. The van der Waals surface area contributed by atoms with Gasteiger partial charge in [0.15, 0.2) is 0 Å². The number of rotatable bonds is 5. The van der Waals surface area contributed by atoms with E-state index in [4.69, 9.17) is 5.73 Å². The van der Waals surface area contributed by atoms with E-state index in [9.17, 15) is 4.79 Å². The van der Waals surface area contributed by atoms with Gasteiger partial charge in [-0.05, 0) is 12.8 Å². The normalized spacial score (nSPS) is 11.4. The zero-order valence-corrected chi connectivity index (χ0v) is 9.12. The first-order valence-electron chi connectivity index (χ1n) is 5.09. The number of nitrogens with two attached hydrogens (primary N) is 1. The van der Waals surface area contributed by atoms with Crippen LogP contribution in [0.1, 0.15) is 32.4 Å². The van der Waals surface area contributed by atoms with E-state index in [-0.39, 0.29) is 5.91 Å². The van der Waals surface area contributed by atoms with Crippen LogP contribution < -0.4 is 11.1 Å². The van der Waals surface area contributed by atoms with E-state index < -0.39 is 5.54 Å². The molecule has 0 spiro atoms. The summed E-state index contributed by atoms with van der Waals surface area (Å²) in [7, 11) is 0. The number of hydrogen-bond acceptors (Lipinski definition) is 4. The number of nitrogens with one attached hydrogen (secondary N) is 1. The second kappa shape index (κ2) is 4.93. The van der Waals surface area contributed by atoms with E-state index in [1.165, 1.54) is 6.26 Å². The Labute approximate surface area is 89.0 Å². The van der Waals surface area contributed by atoms with Gasteiger partial charge in [0.05, 0.1) is 12.1 Å². The van der Waals surface area contributed by atoms with Gasteiger partial charge in [-0.25, -0.2) is 0 Å². The lowest BCUT2D eigenvalue weighted by Gasteiger charge is -2.24. The fourth-order valence-electron chi connectivity index (χ4n) is 1.25. The number of carbonyl (C=O) groups excluding carboxylic acids is 1. The Morgan fingerprint density at radius 1 is 1.60 bits per heavy atom. The Balaban J connectivity index is 2.48. The minimum Gasteiger partial charge on any atom is -0.364 e. The van der Waals surface area contributed by atoms with Crippen molar-refractivity contribution in [3.63, 3.8) is 0 Å². The molecule has 0 bridgehead atoms. The zero-order valence-electron chi connectivity index (χ0n) is 9.12. The van der Waals surface area contributed by atoms with Crippen molar-refractivity contribution >= 4 is 5.91 Å². The Morgan fingerprint density at radius 3 is 2.73 bits per heavy atom. The first-order valence-corrected chi connectivity index (χ1v) is 5.09. The quantitative estimate of drug-likeness (QED) is 0.755. The minimum atomic E-state index is -0.774. The maximum atomic E-state index is 11.7. The summed E-state index contributed by atoms with van der Waals surface area (Å²) in [6, 6.07) is 1.70. The first kappa shape index (κ1) is 11.7. The van der Waals surface area contributed by atoms with Gasteiger partial charge in [-0.2, -0.15) is 0 Å². The first-order chi connectivity index (χ1) is 7.12. The minimum absolute atomic E-state index is 0.143. The lowest BCUT2D eigenvalue weighted by atomic mass is 9.93. The molecule has 0 unspecified atom stereocenters. The van der Waals surface area contributed by atoms with Crippen molar-refractivity contribution in [1.82, 2.24) is 10.5 Å². The third kappa shape index (κ3) is 2.79. The van der Waals surface area contributed by atoms with Crippen LogP contribution in [-0.2, 0) is 11.3 Å². The van der Waals surface area contributed by atoms with Gasteiger partial charge in [-0.3, -0.25) is 4.79 Å². The maximum absolute atomic E-state index is 11.7. The molecule has 0 fully saturated rings. The maximum Gasteiger partial charge on any atom is 0.240 e. The number of aromatic nitrogens is 1. The molecule has 5 nitrogen and oxygen atoms in total. The molecule has 0 saturated heterocycles. The average Bonchev–Trinajstić information content (AvgIpc) is 2.77. The van der Waals surface area contributed by atoms with Gasteiger partial charge in [0, 0.05) is 6.07 Å². The van der Waals surface area contributed by atoms with Crippen LogP contribution in [0, 0.1) is 0 Å². The molecular formula is C10H17N3O2. The third-order valence-corrected chi connectivity index (χ3v) is 2.64. The van der Waals surface area contributed by atoms with Crippen LogP contribution >= 0.6 is 0 Å². The van der Waals surface area contributed by atoms with Gasteiger partial charge < -0.3 is 15.6 Å². The molecule has 15 heavy (non-hydrogen) atoms. The summed E-state index contributed by atoms with van der Waals surface area (Å²) in [5, 5.41) is 6.43. The van der Waals surface area contributed by atoms with Crippen molar-refractivity contribution in [2.24, 2.45) is 5.73 Å². The van der Waals surface area contributed by atoms with Gasteiger partial charge >= 0.3 is 0 Å². The summed E-state index contributed by atoms with van der Waals surface area (Å²) in [6.07, 6.45) is 2.71. The topological polar surface area (TPSA) is 81.2 Å². The second-order valence-corrected chi connectivity index (χ2v) is 3.54. The molecule has 84 valence electrons. The summed E-state index contributed by atoms with van der Waals surface area (Å²) in [4.78, 5) is 11.7. The Hall–Kier alpha value is -1.36. The summed E-state index contributed by atoms with van der Waals surface area (Å²) in [5.74, 6) is -0.143. The van der Waals surface area contributed by atoms with Gasteiger partial charge in [0.1, 0.15) is 12.0 Å². The standard InChI is InChI=1S/C10H17N3O2/c1-3-10(11,4-2)9(14)12-7-8-5-6-15-13-8/h5-6H,3-4,7,11H2,1-2H3,(H,12,14). The van der Waals surface area contributed by atoms with Gasteiger partial charge in [-0.1, -0.05) is 19.0 Å². The van der Waals surface area contributed by atoms with Crippen LogP contribution in [0.3, 0.4) is 0 Å². The van der Waals surface area contributed by atoms with E-state index in [1.54, 1.807) is 6.07 Å². The third-order valence-electron chi connectivity index (χ3n) is 2.64. The fraction of sp³-hybridized carbons (Fsp3) is 0.600. The Bertz CT molecular complexity index is 304. The zero-order chi connectivity index (χ0) is 11.3. The van der Waals surface area contributed by atoms with E-state index in [0.29, 0.717) is 25.1 Å². The predicted octanol–water partition coefficient (Wildman–Crippen LogP) is 0.808. The van der Waals surface area contributed by atoms with Crippen molar-refractivity contribution in [2.75, 3.05) is 0 Å². The van der Waals surface area contributed by atoms with Crippen LogP contribution in [0.15, 0.2) is 16.9 Å². The van der Waals surface area contributed by atoms with Crippen LogP contribution in [0.4, 0.5) is 0 Å². The molecule has 1 aromatic rings. The lowest BCUT2D eigenvalue weighted by molar-refractivity contribution is -0.126. The van der Waals surface area contributed by atoms with Crippen molar-refractivity contribution in [2.45, 2.75) is 38.8 Å². The molecule has 1 aromatic heterocycles. The molecule has 5 heteroatoms. The van der Waals surface area contributed by atoms with Gasteiger partial charge in [0.2, 0.25) is 5.91 Å². The summed E-state index contributed by atoms with van der Waals surface area (Å²) in [5.41, 5.74) is 5.84. The number of hydrogen-bond donors (Lipinski definition) is 2. The SMILES string of the molecule is CCC(N)(CC)C(=O)NCc1ccon1. The van der Waals surface area contributed by atoms with Crippen molar-refractivity contribution in [3.8, 4) is 0 Å². The Morgan fingerprint density at radius 2 is 2.27 bits per heavy atom. The molecule has 0 aliphatic heterocycles. The van der Waals surface area contributed by atoms with E-state index >= 15 is 0 Å². The van der Waals surface area contributed by atoms with Crippen molar-refractivity contribution in [3.05, 3.63) is 18.0 Å². The molecule has 0 aromatic carbocycles. The number of carbonyl (C=O) groups is 1. The van der Waals surface area contributed by atoms with Crippen molar-refractivity contribution in [1.29, 1.82) is 0 Å². The summed E-state index contributed by atoms with van der Waals surface area (Å²) >= 11 is 0. The summed E-state index contributed by atoms with van der Waals surface area (Å²) < 4.78 is 4.65. The molecule has 0 aliphatic carbocycles. The molecule has 0 atom stereocenters. The monoisotopic (exact) mass is 211 g/mol. The van der Waals surface area contributed by atoms with E-state index in [0.717, 1.165) is 0 Å².